The first-order valence-electron chi connectivity index (χ1n) is 9.75. The number of carbonyl (C=O) groups is 2. The lowest BCUT2D eigenvalue weighted by atomic mass is 10.0. The number of hydrogen-bond acceptors (Lipinski definition) is 4. The number of rotatable bonds is 6. The summed E-state index contributed by atoms with van der Waals surface area (Å²) in [6.45, 7) is 1.64. The third kappa shape index (κ3) is 4.23. The predicted molar refractivity (Wildman–Crippen MR) is 109 cm³/mol. The van der Waals surface area contributed by atoms with Crippen LogP contribution in [0.5, 0.6) is 5.75 Å². The molecule has 1 aliphatic rings. The molecule has 0 aliphatic carbocycles. The number of benzene rings is 1. The largest absolute Gasteiger partial charge is 0.497 e. The fourth-order valence-corrected chi connectivity index (χ4v) is 3.70. The van der Waals surface area contributed by atoms with Gasteiger partial charge in [-0.25, -0.2) is 0 Å². The van der Waals surface area contributed by atoms with Gasteiger partial charge >= 0.3 is 0 Å². The maximum absolute atomic E-state index is 12.7. The smallest absolute Gasteiger partial charge is 0.223 e. The number of ether oxygens (including phenoxy) is 1. The van der Waals surface area contributed by atoms with Gasteiger partial charge in [-0.2, -0.15) is 0 Å². The number of aromatic nitrogens is 2. The third-order valence-corrected chi connectivity index (χ3v) is 5.31. The lowest BCUT2D eigenvalue weighted by Crippen LogP contribution is -2.36. The molecule has 4 rings (SSSR count). The summed E-state index contributed by atoms with van der Waals surface area (Å²) in [7, 11) is 1.65. The average Bonchev–Trinajstić information content (AvgIpc) is 3.13. The van der Waals surface area contributed by atoms with E-state index in [4.69, 9.17) is 4.74 Å². The van der Waals surface area contributed by atoms with Gasteiger partial charge in [0, 0.05) is 73.5 Å². The SMILES string of the molecule is COc1ccc2[nH]c3c(c2c1)CN(C(=O)CCC(=O)NCc1cccnc1)CC3. The molecule has 0 saturated carbocycles. The summed E-state index contributed by atoms with van der Waals surface area (Å²) in [6.07, 6.45) is 4.58. The molecule has 0 atom stereocenters. The van der Waals surface area contributed by atoms with E-state index in [9.17, 15) is 9.59 Å². The van der Waals surface area contributed by atoms with Crippen molar-refractivity contribution in [3.63, 3.8) is 0 Å². The number of H-pyrrole nitrogens is 1. The van der Waals surface area contributed by atoms with Crippen LogP contribution >= 0.6 is 0 Å². The van der Waals surface area contributed by atoms with Crippen LogP contribution in [0.3, 0.4) is 0 Å². The van der Waals surface area contributed by atoms with Gasteiger partial charge < -0.3 is 19.9 Å². The Morgan fingerprint density at radius 2 is 2.17 bits per heavy atom. The Balaban J connectivity index is 1.34. The van der Waals surface area contributed by atoms with Crippen molar-refractivity contribution in [2.75, 3.05) is 13.7 Å². The first-order chi connectivity index (χ1) is 14.1. The molecule has 2 aromatic heterocycles. The molecule has 0 spiro atoms. The van der Waals surface area contributed by atoms with E-state index >= 15 is 0 Å². The maximum atomic E-state index is 12.7. The fourth-order valence-electron chi connectivity index (χ4n) is 3.70. The second kappa shape index (κ2) is 8.34. The van der Waals surface area contributed by atoms with E-state index in [1.165, 1.54) is 5.69 Å². The standard InChI is InChI=1S/C22H24N4O3/c1-29-16-4-5-19-17(11-16)18-14-26(10-8-20(18)25-19)22(28)7-6-21(27)24-13-15-3-2-9-23-12-15/h2-5,9,11-12,25H,6-8,10,13-14H2,1H3,(H,24,27). The van der Waals surface area contributed by atoms with Crippen molar-refractivity contribution in [2.45, 2.75) is 32.4 Å². The summed E-state index contributed by atoms with van der Waals surface area (Å²) in [5.74, 6) is 0.675. The van der Waals surface area contributed by atoms with E-state index in [-0.39, 0.29) is 24.7 Å². The Bertz CT molecular complexity index is 1030. The molecule has 7 heteroatoms. The molecule has 0 radical (unpaired) electrons. The molecular weight excluding hydrogens is 368 g/mol. The minimum Gasteiger partial charge on any atom is -0.497 e. The minimum atomic E-state index is -0.128. The summed E-state index contributed by atoms with van der Waals surface area (Å²) >= 11 is 0. The van der Waals surface area contributed by atoms with Crippen molar-refractivity contribution in [3.8, 4) is 5.75 Å². The van der Waals surface area contributed by atoms with Gasteiger partial charge in [0.1, 0.15) is 5.75 Å². The van der Waals surface area contributed by atoms with Crippen LogP contribution < -0.4 is 10.1 Å². The van der Waals surface area contributed by atoms with E-state index in [2.05, 4.69) is 15.3 Å². The van der Waals surface area contributed by atoms with Crippen LogP contribution in [0, 0.1) is 0 Å². The summed E-state index contributed by atoms with van der Waals surface area (Å²) < 4.78 is 5.33. The highest BCUT2D eigenvalue weighted by Gasteiger charge is 2.24. The highest BCUT2D eigenvalue weighted by Crippen LogP contribution is 2.30. The number of nitrogens with one attached hydrogen (secondary N) is 2. The molecule has 2 amide bonds. The number of hydrogen-bond donors (Lipinski definition) is 2. The number of nitrogens with zero attached hydrogens (tertiary/aromatic N) is 2. The van der Waals surface area contributed by atoms with Gasteiger partial charge in [-0.05, 0) is 29.8 Å². The molecule has 3 aromatic rings. The molecule has 29 heavy (non-hydrogen) atoms. The highest BCUT2D eigenvalue weighted by molar-refractivity contribution is 5.88. The van der Waals surface area contributed by atoms with Crippen molar-refractivity contribution in [1.29, 1.82) is 0 Å². The van der Waals surface area contributed by atoms with E-state index in [0.717, 1.165) is 34.2 Å². The number of aromatic amines is 1. The van der Waals surface area contributed by atoms with Crippen molar-refractivity contribution >= 4 is 22.7 Å². The van der Waals surface area contributed by atoms with Gasteiger partial charge in [-0.1, -0.05) is 6.07 Å². The van der Waals surface area contributed by atoms with Crippen molar-refractivity contribution < 1.29 is 14.3 Å². The van der Waals surface area contributed by atoms with Gasteiger partial charge in [0.05, 0.1) is 7.11 Å². The monoisotopic (exact) mass is 392 g/mol. The van der Waals surface area contributed by atoms with Gasteiger partial charge in [0.25, 0.3) is 0 Å². The van der Waals surface area contributed by atoms with Crippen LogP contribution in [0.15, 0.2) is 42.7 Å². The summed E-state index contributed by atoms with van der Waals surface area (Å²) in [6, 6.07) is 9.67. The maximum Gasteiger partial charge on any atom is 0.223 e. The van der Waals surface area contributed by atoms with Crippen molar-refractivity contribution in [1.82, 2.24) is 20.2 Å². The third-order valence-electron chi connectivity index (χ3n) is 5.31. The molecule has 0 fully saturated rings. The molecule has 0 bridgehead atoms. The predicted octanol–water partition coefficient (Wildman–Crippen LogP) is 2.55. The molecule has 3 heterocycles. The molecule has 1 aliphatic heterocycles. The lowest BCUT2D eigenvalue weighted by Gasteiger charge is -2.27. The van der Waals surface area contributed by atoms with Crippen LogP contribution in [0.4, 0.5) is 0 Å². The molecule has 2 N–H and O–H groups in total. The van der Waals surface area contributed by atoms with Crippen LogP contribution in [-0.2, 0) is 29.1 Å². The van der Waals surface area contributed by atoms with Crippen molar-refractivity contribution in [2.24, 2.45) is 0 Å². The van der Waals surface area contributed by atoms with Gasteiger partial charge in [-0.15, -0.1) is 0 Å². The Morgan fingerprint density at radius 1 is 1.28 bits per heavy atom. The van der Waals surface area contributed by atoms with Crippen LogP contribution in [0.1, 0.15) is 29.7 Å². The molecular formula is C22H24N4O3. The Hall–Kier alpha value is -3.35. The molecule has 7 nitrogen and oxygen atoms in total. The molecule has 0 unspecified atom stereocenters. The normalized spacial score (nSPS) is 13.2. The zero-order valence-corrected chi connectivity index (χ0v) is 16.4. The quantitative estimate of drug-likeness (QED) is 0.675. The van der Waals surface area contributed by atoms with E-state index in [1.807, 2.05) is 35.2 Å². The van der Waals surface area contributed by atoms with Gasteiger partial charge in [-0.3, -0.25) is 14.6 Å². The molecule has 0 saturated heterocycles. The number of carbonyl (C=O) groups excluding carboxylic acids is 2. The number of pyridine rings is 1. The average molecular weight is 392 g/mol. The Morgan fingerprint density at radius 3 is 2.97 bits per heavy atom. The zero-order valence-electron chi connectivity index (χ0n) is 16.4. The van der Waals surface area contributed by atoms with Crippen LogP contribution in [0.2, 0.25) is 0 Å². The Labute approximate surface area is 169 Å². The van der Waals surface area contributed by atoms with Crippen LogP contribution in [-0.4, -0.2) is 40.3 Å². The molecule has 150 valence electrons. The second-order valence-electron chi connectivity index (χ2n) is 7.20. The second-order valence-corrected chi connectivity index (χ2v) is 7.20. The Kier molecular flexibility index (Phi) is 5.46. The van der Waals surface area contributed by atoms with Gasteiger partial charge in [0.15, 0.2) is 0 Å². The number of fused-ring (bicyclic) bond motifs is 3. The van der Waals surface area contributed by atoms with E-state index < -0.39 is 0 Å². The number of methoxy groups -OCH3 is 1. The minimum absolute atomic E-state index is 0.00410. The van der Waals surface area contributed by atoms with E-state index in [1.54, 1.807) is 19.5 Å². The van der Waals surface area contributed by atoms with Crippen LogP contribution in [0.25, 0.3) is 10.9 Å². The van der Waals surface area contributed by atoms with Crippen molar-refractivity contribution in [3.05, 3.63) is 59.5 Å². The lowest BCUT2D eigenvalue weighted by molar-refractivity contribution is -0.134. The number of amides is 2. The highest BCUT2D eigenvalue weighted by atomic mass is 16.5. The summed E-state index contributed by atoms with van der Waals surface area (Å²) in [4.78, 5) is 34.1. The first-order valence-corrected chi connectivity index (χ1v) is 9.75. The summed E-state index contributed by atoms with van der Waals surface area (Å²) in [5, 5.41) is 3.93. The zero-order chi connectivity index (χ0) is 20.2. The van der Waals surface area contributed by atoms with E-state index in [0.29, 0.717) is 19.6 Å². The topological polar surface area (TPSA) is 87.3 Å². The fraction of sp³-hybridized carbons (Fsp3) is 0.318. The first kappa shape index (κ1) is 19.0. The van der Waals surface area contributed by atoms with Gasteiger partial charge in [0.2, 0.25) is 11.8 Å². The summed E-state index contributed by atoms with van der Waals surface area (Å²) in [5.41, 5.74) is 4.30. The molecule has 1 aromatic carbocycles.